The largest absolute Gasteiger partial charge is 0.398 e. The van der Waals surface area contributed by atoms with Crippen LogP contribution in [-0.2, 0) is 0 Å². The molecule has 0 radical (unpaired) electrons. The van der Waals surface area contributed by atoms with Crippen LogP contribution >= 0.6 is 11.8 Å². The second-order valence-corrected chi connectivity index (χ2v) is 5.19. The molecule has 0 saturated heterocycles. The zero-order chi connectivity index (χ0) is 12.8. The fraction of sp³-hybridized carbons (Fsp3) is 0.417. The number of rotatable bonds is 6. The first kappa shape index (κ1) is 13.7. The van der Waals surface area contributed by atoms with Crippen LogP contribution < -0.4 is 16.8 Å². The Balaban J connectivity index is 2.72. The summed E-state index contributed by atoms with van der Waals surface area (Å²) in [6.45, 7) is 4.23. The van der Waals surface area contributed by atoms with E-state index in [4.69, 9.17) is 11.5 Å². The van der Waals surface area contributed by atoms with Crippen molar-refractivity contribution in [3.63, 3.8) is 0 Å². The van der Waals surface area contributed by atoms with Crippen LogP contribution in [0.4, 0.5) is 11.4 Å². The Morgan fingerprint density at radius 3 is 2.82 bits per heavy atom. The van der Waals surface area contributed by atoms with Gasteiger partial charge in [-0.25, -0.2) is 0 Å². The van der Waals surface area contributed by atoms with Gasteiger partial charge in [0.1, 0.15) is 0 Å². The highest BCUT2D eigenvalue weighted by Gasteiger charge is 2.08. The van der Waals surface area contributed by atoms with Gasteiger partial charge in [-0.15, -0.1) is 0 Å². The summed E-state index contributed by atoms with van der Waals surface area (Å²) in [5, 5.41) is 3.32. The Bertz CT molecular complexity index is 395. The van der Waals surface area contributed by atoms with Gasteiger partial charge in [-0.3, -0.25) is 4.79 Å². The van der Waals surface area contributed by atoms with Crippen molar-refractivity contribution in [2.24, 2.45) is 5.73 Å². The maximum Gasteiger partial charge on any atom is 0.250 e. The van der Waals surface area contributed by atoms with E-state index < -0.39 is 5.91 Å². The number of benzene rings is 1. The highest BCUT2D eigenvalue weighted by Crippen LogP contribution is 2.18. The van der Waals surface area contributed by atoms with Gasteiger partial charge in [-0.05, 0) is 30.9 Å². The number of hydrogen-bond acceptors (Lipinski definition) is 4. The normalized spacial score (nSPS) is 12.1. The van der Waals surface area contributed by atoms with Crippen molar-refractivity contribution in [2.75, 3.05) is 22.6 Å². The van der Waals surface area contributed by atoms with Gasteiger partial charge in [-0.1, -0.05) is 6.92 Å². The topological polar surface area (TPSA) is 81.1 Å². The molecular weight excluding hydrogens is 234 g/mol. The van der Waals surface area contributed by atoms with Gasteiger partial charge in [0.15, 0.2) is 0 Å². The molecule has 0 aliphatic heterocycles. The lowest BCUT2D eigenvalue weighted by atomic mass is 10.1. The second-order valence-electron chi connectivity index (χ2n) is 3.87. The Morgan fingerprint density at radius 1 is 1.53 bits per heavy atom. The van der Waals surface area contributed by atoms with E-state index in [1.54, 1.807) is 12.1 Å². The number of carbonyl (C=O) groups excluding carboxylic acids is 1. The monoisotopic (exact) mass is 253 g/mol. The molecule has 4 nitrogen and oxygen atoms in total. The van der Waals surface area contributed by atoms with E-state index in [1.807, 2.05) is 17.8 Å². The van der Waals surface area contributed by atoms with Crippen molar-refractivity contribution < 1.29 is 4.79 Å². The van der Waals surface area contributed by atoms with Gasteiger partial charge in [0.25, 0.3) is 5.91 Å². The summed E-state index contributed by atoms with van der Waals surface area (Å²) in [5.74, 6) is 1.62. The molecule has 0 aliphatic rings. The van der Waals surface area contributed by atoms with Gasteiger partial charge >= 0.3 is 0 Å². The van der Waals surface area contributed by atoms with Crippen molar-refractivity contribution in [3.8, 4) is 0 Å². The molecule has 17 heavy (non-hydrogen) atoms. The second kappa shape index (κ2) is 6.39. The standard InChI is InChI=1S/C12H19N3OS/c1-3-17-7-8(2)15-9-4-5-11(13)10(6-9)12(14)16/h4-6,8,15H,3,7,13H2,1-2H3,(H2,14,16). The van der Waals surface area contributed by atoms with Gasteiger partial charge in [0, 0.05) is 23.2 Å². The minimum absolute atomic E-state index is 0.337. The number of anilines is 2. The lowest BCUT2D eigenvalue weighted by Gasteiger charge is -2.15. The fourth-order valence-corrected chi connectivity index (χ4v) is 2.15. The average molecular weight is 253 g/mol. The molecule has 0 bridgehead atoms. The van der Waals surface area contributed by atoms with Gasteiger partial charge < -0.3 is 16.8 Å². The van der Waals surface area contributed by atoms with Crippen molar-refractivity contribution in [3.05, 3.63) is 23.8 Å². The minimum atomic E-state index is -0.498. The van der Waals surface area contributed by atoms with Crippen LogP contribution in [0.1, 0.15) is 24.2 Å². The number of nitrogen functional groups attached to an aromatic ring is 1. The van der Waals surface area contributed by atoms with Crippen molar-refractivity contribution in [1.29, 1.82) is 0 Å². The predicted molar refractivity (Wildman–Crippen MR) is 75.5 cm³/mol. The van der Waals surface area contributed by atoms with E-state index in [0.717, 1.165) is 17.2 Å². The maximum absolute atomic E-state index is 11.1. The van der Waals surface area contributed by atoms with Crippen LogP contribution in [-0.4, -0.2) is 23.5 Å². The number of thioether (sulfide) groups is 1. The smallest absolute Gasteiger partial charge is 0.250 e. The van der Waals surface area contributed by atoms with E-state index >= 15 is 0 Å². The molecule has 1 aromatic rings. The summed E-state index contributed by atoms with van der Waals surface area (Å²) in [5.41, 5.74) is 12.6. The number of hydrogen-bond donors (Lipinski definition) is 3. The Labute approximate surface area is 106 Å². The molecule has 1 aromatic carbocycles. The fourth-order valence-electron chi connectivity index (χ4n) is 1.48. The molecule has 1 unspecified atom stereocenters. The van der Waals surface area contributed by atoms with E-state index in [0.29, 0.717) is 17.3 Å². The van der Waals surface area contributed by atoms with E-state index in [2.05, 4.69) is 19.2 Å². The number of amides is 1. The molecule has 1 rings (SSSR count). The molecular formula is C12H19N3OS. The summed E-state index contributed by atoms with van der Waals surface area (Å²) in [7, 11) is 0. The lowest BCUT2D eigenvalue weighted by Crippen LogP contribution is -2.19. The summed E-state index contributed by atoms with van der Waals surface area (Å²) >= 11 is 1.87. The third-order valence-corrected chi connectivity index (χ3v) is 3.45. The molecule has 1 atom stereocenters. The van der Waals surface area contributed by atoms with E-state index in [9.17, 15) is 4.79 Å². The van der Waals surface area contributed by atoms with Crippen LogP contribution in [0.25, 0.3) is 0 Å². The average Bonchev–Trinajstić information content (AvgIpc) is 2.28. The molecule has 0 saturated carbocycles. The SMILES string of the molecule is CCSCC(C)Nc1ccc(N)c(C(N)=O)c1. The molecule has 0 aromatic heterocycles. The molecule has 0 fully saturated rings. The lowest BCUT2D eigenvalue weighted by molar-refractivity contribution is 0.100. The van der Waals surface area contributed by atoms with Crippen LogP contribution in [0.2, 0.25) is 0 Å². The van der Waals surface area contributed by atoms with E-state index in [1.165, 1.54) is 0 Å². The van der Waals surface area contributed by atoms with Gasteiger partial charge in [0.2, 0.25) is 0 Å². The van der Waals surface area contributed by atoms with Crippen LogP contribution in [0.3, 0.4) is 0 Å². The Hall–Kier alpha value is -1.36. The number of carbonyl (C=O) groups is 1. The number of primary amides is 1. The third-order valence-electron chi connectivity index (χ3n) is 2.30. The first-order valence-corrected chi connectivity index (χ1v) is 6.73. The summed E-state index contributed by atoms with van der Waals surface area (Å²) in [6.07, 6.45) is 0. The summed E-state index contributed by atoms with van der Waals surface area (Å²) in [6, 6.07) is 5.59. The van der Waals surface area contributed by atoms with Crippen molar-refractivity contribution >= 4 is 29.0 Å². The summed E-state index contributed by atoms with van der Waals surface area (Å²) in [4.78, 5) is 11.1. The Morgan fingerprint density at radius 2 is 2.24 bits per heavy atom. The van der Waals surface area contributed by atoms with Crippen molar-refractivity contribution in [1.82, 2.24) is 0 Å². The first-order chi connectivity index (χ1) is 8.04. The molecule has 5 heteroatoms. The van der Waals surface area contributed by atoms with Crippen LogP contribution in [0.5, 0.6) is 0 Å². The molecule has 5 N–H and O–H groups in total. The highest BCUT2D eigenvalue weighted by molar-refractivity contribution is 7.99. The molecule has 0 heterocycles. The Kier molecular flexibility index (Phi) is 5.15. The van der Waals surface area contributed by atoms with Gasteiger partial charge in [0.05, 0.1) is 5.56 Å². The van der Waals surface area contributed by atoms with Crippen LogP contribution in [0.15, 0.2) is 18.2 Å². The third kappa shape index (κ3) is 4.19. The number of nitrogens with one attached hydrogen (secondary N) is 1. The zero-order valence-corrected chi connectivity index (χ0v) is 11.0. The maximum atomic E-state index is 11.1. The summed E-state index contributed by atoms with van der Waals surface area (Å²) < 4.78 is 0. The molecule has 0 aliphatic carbocycles. The quantitative estimate of drug-likeness (QED) is 0.677. The first-order valence-electron chi connectivity index (χ1n) is 5.58. The minimum Gasteiger partial charge on any atom is -0.398 e. The molecule has 1 amide bonds. The van der Waals surface area contributed by atoms with Crippen molar-refractivity contribution in [2.45, 2.75) is 19.9 Å². The highest BCUT2D eigenvalue weighted by atomic mass is 32.2. The number of nitrogens with two attached hydrogens (primary N) is 2. The zero-order valence-electron chi connectivity index (χ0n) is 10.2. The van der Waals surface area contributed by atoms with Gasteiger partial charge in [-0.2, -0.15) is 11.8 Å². The van der Waals surface area contributed by atoms with Crippen LogP contribution in [0, 0.1) is 0 Å². The van der Waals surface area contributed by atoms with E-state index in [-0.39, 0.29) is 0 Å². The molecule has 0 spiro atoms. The molecule has 94 valence electrons. The predicted octanol–water partition coefficient (Wildman–Crippen LogP) is 1.92.